The summed E-state index contributed by atoms with van der Waals surface area (Å²) in [7, 11) is 0. The van der Waals surface area contributed by atoms with E-state index in [1.54, 1.807) is 0 Å². The molecule has 1 atom stereocenters. The van der Waals surface area contributed by atoms with Crippen molar-refractivity contribution in [2.45, 2.75) is 46.1 Å². The molecule has 18 heavy (non-hydrogen) atoms. The number of nitrogen functional groups attached to an aromatic ring is 1. The van der Waals surface area contributed by atoms with Gasteiger partial charge in [-0.05, 0) is 36.6 Å². The van der Waals surface area contributed by atoms with Crippen LogP contribution in [0.3, 0.4) is 0 Å². The van der Waals surface area contributed by atoms with Crippen molar-refractivity contribution >= 4 is 17.3 Å². The molecule has 3 heteroatoms. The Morgan fingerprint density at radius 1 is 1.33 bits per heavy atom. The molecule has 1 rings (SSSR count). The van der Waals surface area contributed by atoms with Crippen molar-refractivity contribution < 1.29 is 0 Å². The van der Waals surface area contributed by atoms with E-state index in [1.807, 2.05) is 18.2 Å². The predicted octanol–water partition coefficient (Wildman–Crippen LogP) is 4.23. The first-order valence-electron chi connectivity index (χ1n) is 6.92. The molecule has 0 aliphatic heterocycles. The molecular formula is C15H25ClN2. The lowest BCUT2D eigenvalue weighted by Crippen LogP contribution is -2.22. The van der Waals surface area contributed by atoms with Gasteiger partial charge < -0.3 is 11.1 Å². The Kier molecular flexibility index (Phi) is 7.14. The van der Waals surface area contributed by atoms with Gasteiger partial charge >= 0.3 is 0 Å². The van der Waals surface area contributed by atoms with Gasteiger partial charge in [0, 0.05) is 6.54 Å². The maximum atomic E-state index is 5.90. The van der Waals surface area contributed by atoms with Crippen LogP contribution < -0.4 is 11.1 Å². The quantitative estimate of drug-likeness (QED) is 0.693. The number of halogens is 1. The zero-order chi connectivity index (χ0) is 13.4. The molecule has 0 fully saturated rings. The molecule has 0 aliphatic carbocycles. The van der Waals surface area contributed by atoms with Crippen LogP contribution in [-0.4, -0.2) is 6.54 Å². The maximum absolute atomic E-state index is 5.90. The smallest absolute Gasteiger partial charge is 0.0635 e. The summed E-state index contributed by atoms with van der Waals surface area (Å²) in [5, 5.41) is 4.14. The van der Waals surface area contributed by atoms with Gasteiger partial charge in [-0.1, -0.05) is 50.8 Å². The summed E-state index contributed by atoms with van der Waals surface area (Å²) >= 11 is 5.90. The summed E-state index contributed by atoms with van der Waals surface area (Å²) in [5.41, 5.74) is 7.64. The van der Waals surface area contributed by atoms with E-state index in [9.17, 15) is 0 Å². The minimum atomic E-state index is 0.633. The zero-order valence-corrected chi connectivity index (χ0v) is 12.3. The molecule has 0 aromatic heterocycles. The van der Waals surface area contributed by atoms with E-state index < -0.39 is 0 Å². The van der Waals surface area contributed by atoms with Crippen molar-refractivity contribution in [3.63, 3.8) is 0 Å². The lowest BCUT2D eigenvalue weighted by Gasteiger charge is -2.15. The number of unbranched alkanes of at least 4 members (excludes halogenated alkanes) is 1. The molecule has 0 aliphatic rings. The average molecular weight is 269 g/mol. The molecule has 0 heterocycles. The third-order valence-corrected chi connectivity index (χ3v) is 3.71. The van der Waals surface area contributed by atoms with E-state index in [0.29, 0.717) is 10.7 Å². The number of anilines is 1. The van der Waals surface area contributed by atoms with E-state index in [2.05, 4.69) is 19.2 Å². The molecule has 2 nitrogen and oxygen atoms in total. The fraction of sp³-hybridized carbons (Fsp3) is 0.600. The summed E-state index contributed by atoms with van der Waals surface area (Å²) < 4.78 is 0. The first-order chi connectivity index (χ1) is 8.67. The fourth-order valence-corrected chi connectivity index (χ4v) is 2.18. The molecule has 0 saturated heterocycles. The Morgan fingerprint density at radius 2 is 2.11 bits per heavy atom. The second kappa shape index (κ2) is 8.39. The monoisotopic (exact) mass is 268 g/mol. The third-order valence-electron chi connectivity index (χ3n) is 3.37. The van der Waals surface area contributed by atoms with Crippen LogP contribution in [0.2, 0.25) is 5.02 Å². The van der Waals surface area contributed by atoms with E-state index in [1.165, 1.54) is 31.2 Å². The van der Waals surface area contributed by atoms with Gasteiger partial charge in [-0.3, -0.25) is 0 Å². The minimum Gasteiger partial charge on any atom is -0.398 e. The predicted molar refractivity (Wildman–Crippen MR) is 80.9 cm³/mol. The normalized spacial score (nSPS) is 12.6. The van der Waals surface area contributed by atoms with Gasteiger partial charge in [0.05, 0.1) is 10.7 Å². The lowest BCUT2D eigenvalue weighted by atomic mass is 9.99. The Hall–Kier alpha value is -0.730. The summed E-state index contributed by atoms with van der Waals surface area (Å²) in [4.78, 5) is 0. The average Bonchev–Trinajstić information content (AvgIpc) is 2.37. The fourth-order valence-electron chi connectivity index (χ4n) is 2.07. The van der Waals surface area contributed by atoms with Gasteiger partial charge in [-0.15, -0.1) is 0 Å². The van der Waals surface area contributed by atoms with Crippen molar-refractivity contribution in [2.24, 2.45) is 5.92 Å². The first-order valence-corrected chi connectivity index (χ1v) is 7.29. The molecule has 0 amide bonds. The lowest BCUT2D eigenvalue weighted by molar-refractivity contribution is 0.419. The molecule has 3 N–H and O–H groups in total. The van der Waals surface area contributed by atoms with Gasteiger partial charge in [0.15, 0.2) is 0 Å². The van der Waals surface area contributed by atoms with Crippen molar-refractivity contribution in [1.82, 2.24) is 5.32 Å². The number of nitrogens with one attached hydrogen (secondary N) is 1. The molecule has 1 aromatic rings. The summed E-state index contributed by atoms with van der Waals surface area (Å²) in [5.74, 6) is 0.787. The van der Waals surface area contributed by atoms with Crippen molar-refractivity contribution in [3.05, 3.63) is 28.8 Å². The topological polar surface area (TPSA) is 38.0 Å². The summed E-state index contributed by atoms with van der Waals surface area (Å²) in [6.07, 6.45) is 5.18. The number of rotatable bonds is 8. The summed E-state index contributed by atoms with van der Waals surface area (Å²) in [6.45, 7) is 6.46. The SMILES string of the molecule is CCCCC(CC)CNCc1ccc(Cl)c(N)c1. The molecule has 1 aromatic carbocycles. The van der Waals surface area contributed by atoms with Crippen LogP contribution in [0.5, 0.6) is 0 Å². The van der Waals surface area contributed by atoms with Crippen LogP contribution in [0.15, 0.2) is 18.2 Å². The second-order valence-electron chi connectivity index (χ2n) is 4.90. The molecule has 0 saturated carbocycles. The molecule has 0 spiro atoms. The Bertz CT molecular complexity index is 352. The minimum absolute atomic E-state index is 0.633. The van der Waals surface area contributed by atoms with Gasteiger partial charge in [-0.2, -0.15) is 0 Å². The third kappa shape index (κ3) is 5.28. The molecule has 0 radical (unpaired) electrons. The molecular weight excluding hydrogens is 244 g/mol. The Labute approximate surface area is 116 Å². The molecule has 102 valence electrons. The molecule has 1 unspecified atom stereocenters. The van der Waals surface area contributed by atoms with Crippen molar-refractivity contribution in [2.75, 3.05) is 12.3 Å². The highest BCUT2D eigenvalue weighted by Gasteiger charge is 2.05. The van der Waals surface area contributed by atoms with Crippen LogP contribution in [0.1, 0.15) is 45.1 Å². The Morgan fingerprint density at radius 3 is 2.72 bits per heavy atom. The highest BCUT2D eigenvalue weighted by molar-refractivity contribution is 6.33. The van der Waals surface area contributed by atoms with Crippen LogP contribution in [-0.2, 0) is 6.54 Å². The number of nitrogens with two attached hydrogens (primary N) is 1. The van der Waals surface area contributed by atoms with E-state index in [0.717, 1.165) is 19.0 Å². The molecule has 0 bridgehead atoms. The highest BCUT2D eigenvalue weighted by Crippen LogP contribution is 2.19. The van der Waals surface area contributed by atoms with Crippen LogP contribution in [0.4, 0.5) is 5.69 Å². The zero-order valence-electron chi connectivity index (χ0n) is 11.5. The number of hydrogen-bond donors (Lipinski definition) is 2. The first kappa shape index (κ1) is 15.3. The number of hydrogen-bond acceptors (Lipinski definition) is 2. The highest BCUT2D eigenvalue weighted by atomic mass is 35.5. The summed E-state index contributed by atoms with van der Waals surface area (Å²) in [6, 6.07) is 5.84. The van der Waals surface area contributed by atoms with Gasteiger partial charge in [-0.25, -0.2) is 0 Å². The van der Waals surface area contributed by atoms with Crippen molar-refractivity contribution in [3.8, 4) is 0 Å². The van der Waals surface area contributed by atoms with E-state index in [-0.39, 0.29) is 0 Å². The standard InChI is InChI=1S/C15H25ClN2/c1-3-5-6-12(4-2)10-18-11-13-7-8-14(16)15(17)9-13/h7-9,12,18H,3-6,10-11,17H2,1-2H3. The van der Waals surface area contributed by atoms with Crippen LogP contribution >= 0.6 is 11.6 Å². The van der Waals surface area contributed by atoms with Crippen LogP contribution in [0.25, 0.3) is 0 Å². The van der Waals surface area contributed by atoms with Crippen molar-refractivity contribution in [1.29, 1.82) is 0 Å². The second-order valence-corrected chi connectivity index (χ2v) is 5.31. The maximum Gasteiger partial charge on any atom is 0.0635 e. The largest absolute Gasteiger partial charge is 0.398 e. The Balaban J connectivity index is 2.33. The van der Waals surface area contributed by atoms with Gasteiger partial charge in [0.25, 0.3) is 0 Å². The van der Waals surface area contributed by atoms with Gasteiger partial charge in [0.1, 0.15) is 0 Å². The van der Waals surface area contributed by atoms with Crippen LogP contribution in [0, 0.1) is 5.92 Å². The van der Waals surface area contributed by atoms with E-state index in [4.69, 9.17) is 17.3 Å². The number of benzene rings is 1. The van der Waals surface area contributed by atoms with E-state index >= 15 is 0 Å². The van der Waals surface area contributed by atoms with Gasteiger partial charge in [0.2, 0.25) is 0 Å².